The zero-order valence-electron chi connectivity index (χ0n) is 14.7. The molecule has 0 saturated carbocycles. The number of urea groups is 1. The Morgan fingerprint density at radius 2 is 2.33 bits per heavy atom. The monoisotopic (exact) mass is 330 g/mol. The Morgan fingerprint density at radius 3 is 3.00 bits per heavy atom. The average molecular weight is 330 g/mol. The van der Waals surface area contributed by atoms with Gasteiger partial charge in [-0.25, -0.2) is 4.79 Å². The number of carbonyl (C=O) groups is 1. The lowest BCUT2D eigenvalue weighted by atomic mass is 10.0. The highest BCUT2D eigenvalue weighted by Crippen LogP contribution is 2.26. The predicted molar refractivity (Wildman–Crippen MR) is 91.9 cm³/mol. The molecule has 6 heteroatoms. The van der Waals surface area contributed by atoms with Gasteiger partial charge in [-0.05, 0) is 44.4 Å². The third kappa shape index (κ3) is 3.99. The fourth-order valence-electron chi connectivity index (χ4n) is 3.22. The van der Waals surface area contributed by atoms with E-state index in [0.717, 1.165) is 43.9 Å². The van der Waals surface area contributed by atoms with Gasteiger partial charge in [0.15, 0.2) is 0 Å². The number of aryl methyl sites for hydroxylation is 3. The van der Waals surface area contributed by atoms with Gasteiger partial charge in [0.1, 0.15) is 11.5 Å². The molecule has 24 heavy (non-hydrogen) atoms. The van der Waals surface area contributed by atoms with Crippen molar-refractivity contribution < 1.29 is 9.21 Å². The summed E-state index contributed by atoms with van der Waals surface area (Å²) in [7, 11) is 1.92. The second-order valence-electron chi connectivity index (χ2n) is 6.78. The van der Waals surface area contributed by atoms with Crippen molar-refractivity contribution in [3.63, 3.8) is 0 Å². The molecule has 0 aliphatic carbocycles. The van der Waals surface area contributed by atoms with Crippen molar-refractivity contribution in [3.05, 3.63) is 41.6 Å². The summed E-state index contributed by atoms with van der Waals surface area (Å²) in [5.74, 6) is 2.30. The molecule has 0 bridgehead atoms. The van der Waals surface area contributed by atoms with E-state index in [1.54, 1.807) is 0 Å². The molecule has 3 rings (SSSR count). The third-order valence-electron chi connectivity index (χ3n) is 4.66. The molecule has 1 saturated heterocycles. The summed E-state index contributed by atoms with van der Waals surface area (Å²) in [6.07, 6.45) is 6.66. The maximum Gasteiger partial charge on any atom is 0.317 e. The summed E-state index contributed by atoms with van der Waals surface area (Å²) in [4.78, 5) is 14.3. The first-order valence-corrected chi connectivity index (χ1v) is 8.60. The number of hydrogen-bond donors (Lipinski definition) is 1. The lowest BCUT2D eigenvalue weighted by molar-refractivity contribution is 0.204. The highest BCUT2D eigenvalue weighted by molar-refractivity contribution is 5.74. The zero-order chi connectivity index (χ0) is 17.1. The maximum absolute atomic E-state index is 12.4. The molecule has 1 N–H and O–H groups in total. The molecule has 2 unspecified atom stereocenters. The lowest BCUT2D eigenvalue weighted by Gasteiger charge is -2.20. The molecule has 1 aliphatic rings. The van der Waals surface area contributed by atoms with Crippen molar-refractivity contribution in [2.24, 2.45) is 7.05 Å². The summed E-state index contributed by atoms with van der Waals surface area (Å²) in [6, 6.07) is 4.13. The van der Waals surface area contributed by atoms with E-state index in [9.17, 15) is 4.79 Å². The molecule has 6 nitrogen and oxygen atoms in total. The molecule has 2 atom stereocenters. The highest BCUT2D eigenvalue weighted by atomic mass is 16.3. The van der Waals surface area contributed by atoms with Crippen LogP contribution < -0.4 is 5.32 Å². The molecule has 1 aliphatic heterocycles. The van der Waals surface area contributed by atoms with E-state index >= 15 is 0 Å². The van der Waals surface area contributed by atoms with Gasteiger partial charge in [0.05, 0.1) is 6.20 Å². The first-order chi connectivity index (χ1) is 11.5. The van der Waals surface area contributed by atoms with Crippen molar-refractivity contribution in [2.45, 2.75) is 45.1 Å². The van der Waals surface area contributed by atoms with Crippen LogP contribution in [-0.4, -0.2) is 39.8 Å². The van der Waals surface area contributed by atoms with Crippen LogP contribution in [0.3, 0.4) is 0 Å². The summed E-state index contributed by atoms with van der Waals surface area (Å²) in [6.45, 7) is 5.56. The van der Waals surface area contributed by atoms with E-state index in [-0.39, 0.29) is 12.1 Å². The molecule has 3 heterocycles. The molecule has 0 aromatic carbocycles. The maximum atomic E-state index is 12.4. The van der Waals surface area contributed by atoms with Crippen LogP contribution in [0, 0.1) is 6.92 Å². The normalized spacial score (nSPS) is 18.8. The van der Waals surface area contributed by atoms with E-state index in [4.69, 9.17) is 4.42 Å². The third-order valence-corrected chi connectivity index (χ3v) is 4.66. The first-order valence-electron chi connectivity index (χ1n) is 8.60. The van der Waals surface area contributed by atoms with Crippen molar-refractivity contribution in [1.29, 1.82) is 0 Å². The van der Waals surface area contributed by atoms with Crippen molar-refractivity contribution >= 4 is 6.03 Å². The van der Waals surface area contributed by atoms with E-state index in [0.29, 0.717) is 5.92 Å². The van der Waals surface area contributed by atoms with Gasteiger partial charge in [0.2, 0.25) is 0 Å². The number of furan rings is 1. The Bertz CT molecular complexity index is 691. The Hall–Kier alpha value is -2.24. The van der Waals surface area contributed by atoms with Crippen LogP contribution in [-0.2, 0) is 13.5 Å². The number of carbonyl (C=O) groups excluding carboxylic acids is 1. The summed E-state index contributed by atoms with van der Waals surface area (Å²) < 4.78 is 7.39. The fraction of sp³-hybridized carbons (Fsp3) is 0.556. The quantitative estimate of drug-likeness (QED) is 0.917. The average Bonchev–Trinajstić information content (AvgIpc) is 3.25. The standard InChI is InChI=1S/C18H26N4O2/c1-13(4-6-17-7-5-14(2)24-17)20-18(23)22-9-8-15(12-22)16-10-19-21(3)11-16/h5,7,10-11,13,15H,4,6,8-9,12H2,1-3H3,(H,20,23). The Labute approximate surface area is 142 Å². The van der Waals surface area contributed by atoms with Gasteiger partial charge >= 0.3 is 6.03 Å². The number of amides is 2. The SMILES string of the molecule is Cc1ccc(CCC(C)NC(=O)N2CCC(c3cnn(C)c3)C2)o1. The Morgan fingerprint density at radius 1 is 1.50 bits per heavy atom. The predicted octanol–water partition coefficient (Wildman–Crippen LogP) is 2.84. The molecular weight excluding hydrogens is 304 g/mol. The molecule has 130 valence electrons. The van der Waals surface area contributed by atoms with Crippen LogP contribution in [0.1, 0.15) is 42.8 Å². The minimum atomic E-state index is 0.0320. The van der Waals surface area contributed by atoms with Gasteiger partial charge in [0, 0.05) is 44.7 Å². The second kappa shape index (κ2) is 7.11. The molecule has 2 aromatic heterocycles. The molecule has 0 radical (unpaired) electrons. The van der Waals surface area contributed by atoms with E-state index in [1.165, 1.54) is 5.56 Å². The van der Waals surface area contributed by atoms with Crippen LogP contribution in [0.4, 0.5) is 4.79 Å². The van der Waals surface area contributed by atoms with Crippen molar-refractivity contribution in [1.82, 2.24) is 20.0 Å². The molecule has 2 aromatic rings. The van der Waals surface area contributed by atoms with Crippen molar-refractivity contribution in [3.8, 4) is 0 Å². The van der Waals surface area contributed by atoms with Crippen LogP contribution in [0.25, 0.3) is 0 Å². The summed E-state index contributed by atoms with van der Waals surface area (Å²) in [5, 5.41) is 7.32. The van der Waals surface area contributed by atoms with Gasteiger partial charge in [-0.3, -0.25) is 4.68 Å². The fourth-order valence-corrected chi connectivity index (χ4v) is 3.22. The molecule has 1 fully saturated rings. The van der Waals surface area contributed by atoms with E-state index in [2.05, 4.69) is 10.4 Å². The van der Waals surface area contributed by atoms with E-state index < -0.39 is 0 Å². The highest BCUT2D eigenvalue weighted by Gasteiger charge is 2.28. The summed E-state index contributed by atoms with van der Waals surface area (Å²) in [5.41, 5.74) is 1.22. The zero-order valence-corrected chi connectivity index (χ0v) is 14.7. The van der Waals surface area contributed by atoms with Gasteiger partial charge in [-0.1, -0.05) is 0 Å². The van der Waals surface area contributed by atoms with Crippen LogP contribution >= 0.6 is 0 Å². The van der Waals surface area contributed by atoms with Crippen LogP contribution in [0.5, 0.6) is 0 Å². The number of likely N-dealkylation sites (tertiary alicyclic amines) is 1. The molecular formula is C18H26N4O2. The second-order valence-corrected chi connectivity index (χ2v) is 6.78. The number of nitrogens with zero attached hydrogens (tertiary/aromatic N) is 3. The summed E-state index contributed by atoms with van der Waals surface area (Å²) >= 11 is 0. The minimum Gasteiger partial charge on any atom is -0.466 e. The van der Waals surface area contributed by atoms with Crippen molar-refractivity contribution in [2.75, 3.05) is 13.1 Å². The van der Waals surface area contributed by atoms with E-state index in [1.807, 2.05) is 55.0 Å². The number of hydrogen-bond acceptors (Lipinski definition) is 3. The topological polar surface area (TPSA) is 63.3 Å². The Kier molecular flexibility index (Phi) is 4.92. The van der Waals surface area contributed by atoms with Crippen LogP contribution in [0.15, 0.2) is 28.9 Å². The van der Waals surface area contributed by atoms with Gasteiger partial charge in [-0.2, -0.15) is 5.10 Å². The molecule has 0 spiro atoms. The van der Waals surface area contributed by atoms with Gasteiger partial charge < -0.3 is 14.6 Å². The molecule has 2 amide bonds. The van der Waals surface area contributed by atoms with Gasteiger partial charge in [0.25, 0.3) is 0 Å². The van der Waals surface area contributed by atoms with Gasteiger partial charge in [-0.15, -0.1) is 0 Å². The first kappa shape index (κ1) is 16.6. The largest absolute Gasteiger partial charge is 0.466 e. The number of aromatic nitrogens is 2. The van der Waals surface area contributed by atoms with Crippen LogP contribution in [0.2, 0.25) is 0 Å². The number of nitrogens with one attached hydrogen (secondary N) is 1. The number of rotatable bonds is 5. The minimum absolute atomic E-state index is 0.0320. The lowest BCUT2D eigenvalue weighted by Crippen LogP contribution is -2.42. The smallest absolute Gasteiger partial charge is 0.317 e. The Balaban J connectivity index is 1.44.